The third-order valence-electron chi connectivity index (χ3n) is 5.26. The quantitative estimate of drug-likeness (QED) is 0.706. The van der Waals surface area contributed by atoms with Gasteiger partial charge in [-0.2, -0.15) is 0 Å². The number of halogens is 2. The van der Waals surface area contributed by atoms with Gasteiger partial charge in [0.25, 0.3) is 5.91 Å². The standard InChI is InChI=1S/C19H18N2O2.2ClH/c22-19(21-16-10-12-6-7-15(16)20-12)11-5-8-18-14(9-11)13-3-1-2-4-17(13)23-18;;/h1-5,8-9,12,15-16,20H,6-7,10H2,(H,21,22);2*1H/t12-,15+,16-;;/m1../s1. The summed E-state index contributed by atoms with van der Waals surface area (Å²) in [5.41, 5.74) is 2.38. The molecular formula is C19H20Cl2N2O2. The summed E-state index contributed by atoms with van der Waals surface area (Å²) < 4.78 is 5.82. The number of fused-ring (bicyclic) bond motifs is 5. The molecule has 2 bridgehead atoms. The molecule has 0 spiro atoms. The van der Waals surface area contributed by atoms with Crippen molar-refractivity contribution in [2.75, 3.05) is 0 Å². The lowest BCUT2D eigenvalue weighted by Crippen LogP contribution is -2.42. The lowest BCUT2D eigenvalue weighted by atomic mass is 9.95. The number of amides is 1. The fourth-order valence-electron chi connectivity index (χ4n) is 4.10. The smallest absolute Gasteiger partial charge is 0.251 e. The molecule has 2 aliphatic rings. The van der Waals surface area contributed by atoms with Crippen LogP contribution in [0.25, 0.3) is 21.9 Å². The van der Waals surface area contributed by atoms with E-state index in [9.17, 15) is 4.79 Å². The van der Waals surface area contributed by atoms with E-state index in [1.165, 1.54) is 12.8 Å². The predicted molar refractivity (Wildman–Crippen MR) is 104 cm³/mol. The third kappa shape index (κ3) is 2.99. The van der Waals surface area contributed by atoms with Gasteiger partial charge >= 0.3 is 0 Å². The van der Waals surface area contributed by atoms with E-state index in [4.69, 9.17) is 4.42 Å². The van der Waals surface area contributed by atoms with Gasteiger partial charge in [0.15, 0.2) is 0 Å². The van der Waals surface area contributed by atoms with Crippen LogP contribution in [0.15, 0.2) is 46.9 Å². The van der Waals surface area contributed by atoms with Gasteiger partial charge in [-0.25, -0.2) is 0 Å². The van der Waals surface area contributed by atoms with Gasteiger partial charge in [-0.05, 0) is 43.5 Å². The van der Waals surface area contributed by atoms with Crippen LogP contribution in [0.2, 0.25) is 0 Å². The second-order valence-electron chi connectivity index (χ2n) is 6.67. The molecule has 1 aromatic heterocycles. The summed E-state index contributed by atoms with van der Waals surface area (Å²) >= 11 is 0. The van der Waals surface area contributed by atoms with Crippen molar-refractivity contribution < 1.29 is 9.21 Å². The predicted octanol–water partition coefficient (Wildman–Crippen LogP) is 4.05. The van der Waals surface area contributed by atoms with E-state index in [0.717, 1.165) is 28.4 Å². The molecule has 2 fully saturated rings. The van der Waals surface area contributed by atoms with Gasteiger partial charge in [-0.3, -0.25) is 4.79 Å². The van der Waals surface area contributed by atoms with Crippen LogP contribution >= 0.6 is 24.8 Å². The molecule has 2 N–H and O–H groups in total. The largest absolute Gasteiger partial charge is 0.456 e. The van der Waals surface area contributed by atoms with Crippen molar-refractivity contribution in [3.63, 3.8) is 0 Å². The second kappa shape index (κ2) is 6.87. The van der Waals surface area contributed by atoms with Crippen LogP contribution in [0.3, 0.4) is 0 Å². The van der Waals surface area contributed by atoms with Crippen molar-refractivity contribution >= 4 is 52.7 Å². The van der Waals surface area contributed by atoms with E-state index in [1.54, 1.807) is 0 Å². The molecule has 5 rings (SSSR count). The van der Waals surface area contributed by atoms with Gasteiger partial charge < -0.3 is 15.1 Å². The van der Waals surface area contributed by atoms with Gasteiger partial charge in [-0.15, -0.1) is 24.8 Å². The summed E-state index contributed by atoms with van der Waals surface area (Å²) in [6.07, 6.45) is 3.46. The molecule has 0 radical (unpaired) electrons. The highest BCUT2D eigenvalue weighted by Crippen LogP contribution is 2.30. The monoisotopic (exact) mass is 378 g/mol. The first-order valence-electron chi connectivity index (χ1n) is 8.26. The maximum absolute atomic E-state index is 12.6. The maximum atomic E-state index is 12.6. The highest BCUT2D eigenvalue weighted by molar-refractivity contribution is 6.08. The summed E-state index contributed by atoms with van der Waals surface area (Å²) in [5.74, 6) is 0.0107. The Morgan fingerprint density at radius 2 is 1.84 bits per heavy atom. The molecule has 0 unspecified atom stereocenters. The van der Waals surface area contributed by atoms with Crippen LogP contribution in [0.5, 0.6) is 0 Å². The zero-order valence-electron chi connectivity index (χ0n) is 13.5. The first-order chi connectivity index (χ1) is 11.3. The van der Waals surface area contributed by atoms with Crippen molar-refractivity contribution in [3.8, 4) is 0 Å². The number of hydrogen-bond donors (Lipinski definition) is 2. The van der Waals surface area contributed by atoms with E-state index in [-0.39, 0.29) is 36.8 Å². The summed E-state index contributed by atoms with van der Waals surface area (Å²) in [4.78, 5) is 12.6. The Balaban J connectivity index is 0.000000911. The number of carbonyl (C=O) groups is 1. The van der Waals surface area contributed by atoms with Crippen LogP contribution in [-0.4, -0.2) is 24.0 Å². The normalized spacial score (nSPS) is 24.1. The van der Waals surface area contributed by atoms with E-state index in [1.807, 2.05) is 42.5 Å². The average molecular weight is 379 g/mol. The maximum Gasteiger partial charge on any atom is 0.251 e. The number of benzene rings is 2. The fraction of sp³-hybridized carbons (Fsp3) is 0.316. The molecule has 0 aliphatic carbocycles. The molecule has 2 aliphatic heterocycles. The Bertz CT molecular complexity index is 924. The van der Waals surface area contributed by atoms with E-state index in [0.29, 0.717) is 17.6 Å². The van der Waals surface area contributed by atoms with Crippen molar-refractivity contribution in [1.29, 1.82) is 0 Å². The summed E-state index contributed by atoms with van der Waals surface area (Å²) in [7, 11) is 0. The second-order valence-corrected chi connectivity index (χ2v) is 6.67. The first-order valence-corrected chi connectivity index (χ1v) is 8.26. The third-order valence-corrected chi connectivity index (χ3v) is 5.26. The van der Waals surface area contributed by atoms with E-state index in [2.05, 4.69) is 10.6 Å². The summed E-state index contributed by atoms with van der Waals surface area (Å²) in [6, 6.07) is 14.9. The van der Waals surface area contributed by atoms with E-state index >= 15 is 0 Å². The van der Waals surface area contributed by atoms with Gasteiger partial charge in [0.05, 0.1) is 0 Å². The SMILES string of the molecule is Cl.Cl.O=C(N[C@@H]1C[C@H]2CC[C@@H]1N2)c1ccc2oc3ccccc3c2c1. The lowest BCUT2D eigenvalue weighted by molar-refractivity contribution is 0.0931. The molecule has 4 nitrogen and oxygen atoms in total. The van der Waals surface area contributed by atoms with Crippen molar-refractivity contribution in [2.24, 2.45) is 0 Å². The van der Waals surface area contributed by atoms with Gasteiger partial charge in [0.1, 0.15) is 11.2 Å². The molecule has 3 aromatic rings. The van der Waals surface area contributed by atoms with Crippen LogP contribution in [-0.2, 0) is 0 Å². The Labute approximate surface area is 158 Å². The fourth-order valence-corrected chi connectivity index (χ4v) is 4.10. The van der Waals surface area contributed by atoms with E-state index < -0.39 is 0 Å². The minimum absolute atomic E-state index is 0. The number of carbonyl (C=O) groups excluding carboxylic acids is 1. The molecule has 132 valence electrons. The molecule has 0 saturated carbocycles. The molecule has 6 heteroatoms. The molecule has 2 saturated heterocycles. The number of hydrogen-bond acceptors (Lipinski definition) is 3. The van der Waals surface area contributed by atoms with Crippen LogP contribution in [0.4, 0.5) is 0 Å². The number of rotatable bonds is 2. The zero-order valence-corrected chi connectivity index (χ0v) is 15.2. The molecule has 3 heterocycles. The van der Waals surface area contributed by atoms with Crippen LogP contribution < -0.4 is 10.6 Å². The molecule has 1 amide bonds. The molecular weight excluding hydrogens is 359 g/mol. The highest BCUT2D eigenvalue weighted by atomic mass is 35.5. The Morgan fingerprint density at radius 1 is 1.04 bits per heavy atom. The zero-order chi connectivity index (χ0) is 15.4. The van der Waals surface area contributed by atoms with Crippen molar-refractivity contribution in [1.82, 2.24) is 10.6 Å². The number of nitrogens with one attached hydrogen (secondary N) is 2. The van der Waals surface area contributed by atoms with Gasteiger partial charge in [0.2, 0.25) is 0 Å². The van der Waals surface area contributed by atoms with Crippen LogP contribution in [0, 0.1) is 0 Å². The highest BCUT2D eigenvalue weighted by Gasteiger charge is 2.39. The van der Waals surface area contributed by atoms with Crippen molar-refractivity contribution in [2.45, 2.75) is 37.4 Å². The molecule has 2 aromatic carbocycles. The minimum Gasteiger partial charge on any atom is -0.456 e. The minimum atomic E-state index is 0. The first kappa shape index (κ1) is 18.1. The lowest BCUT2D eigenvalue weighted by Gasteiger charge is -2.21. The van der Waals surface area contributed by atoms with Gasteiger partial charge in [-0.1, -0.05) is 18.2 Å². The molecule has 3 atom stereocenters. The number of para-hydroxylation sites is 1. The molecule has 25 heavy (non-hydrogen) atoms. The summed E-state index contributed by atoms with van der Waals surface area (Å²) in [5, 5.41) is 8.81. The van der Waals surface area contributed by atoms with Crippen LogP contribution in [0.1, 0.15) is 29.6 Å². The Kier molecular flexibility index (Phi) is 4.96. The van der Waals surface area contributed by atoms with Crippen molar-refractivity contribution in [3.05, 3.63) is 48.0 Å². The Morgan fingerprint density at radius 3 is 2.60 bits per heavy atom. The topological polar surface area (TPSA) is 54.3 Å². The Hall–Kier alpha value is -1.75. The van der Waals surface area contributed by atoms with Gasteiger partial charge in [0, 0.05) is 34.5 Å². The average Bonchev–Trinajstić information content (AvgIpc) is 3.27. The summed E-state index contributed by atoms with van der Waals surface area (Å²) in [6.45, 7) is 0. The number of furan rings is 1.